The molecule has 2 heteroatoms. The summed E-state index contributed by atoms with van der Waals surface area (Å²) in [6, 6.07) is 9.75. The third kappa shape index (κ3) is 2.34. The molecule has 0 unspecified atom stereocenters. The minimum Gasteiger partial charge on any atom is -0.481 e. The number of carboxylic acids is 1. The molecule has 0 amide bonds. The zero-order chi connectivity index (χ0) is 10.6. The van der Waals surface area contributed by atoms with Crippen LogP contribution in [0.15, 0.2) is 30.3 Å². The molecule has 0 spiro atoms. The summed E-state index contributed by atoms with van der Waals surface area (Å²) in [5.41, 5.74) is 0.445. The van der Waals surface area contributed by atoms with Gasteiger partial charge in [0.2, 0.25) is 0 Å². The van der Waals surface area contributed by atoms with Crippen LogP contribution in [-0.2, 0) is 11.2 Å². The average Bonchev–Trinajstić information content (AvgIpc) is 2.19. The molecule has 0 aliphatic heterocycles. The van der Waals surface area contributed by atoms with Crippen LogP contribution >= 0.6 is 0 Å². The Labute approximate surface area is 84.6 Å². The lowest BCUT2D eigenvalue weighted by Crippen LogP contribution is -2.29. The van der Waals surface area contributed by atoms with E-state index in [0.717, 1.165) is 5.56 Å². The van der Waals surface area contributed by atoms with Crippen molar-refractivity contribution in [2.45, 2.75) is 26.7 Å². The van der Waals surface area contributed by atoms with E-state index in [-0.39, 0.29) is 0 Å². The highest BCUT2D eigenvalue weighted by Gasteiger charge is 2.30. The first-order valence-corrected chi connectivity index (χ1v) is 4.86. The van der Waals surface area contributed by atoms with E-state index in [1.807, 2.05) is 37.3 Å². The van der Waals surface area contributed by atoms with E-state index < -0.39 is 11.4 Å². The zero-order valence-electron chi connectivity index (χ0n) is 8.66. The Morgan fingerprint density at radius 3 is 2.36 bits per heavy atom. The van der Waals surface area contributed by atoms with E-state index >= 15 is 0 Å². The standard InChI is InChI=1S/C12H16O2/c1-3-12(2,11(13)14)9-10-7-5-4-6-8-10/h4-8H,3,9H2,1-2H3,(H,13,14)/t12-/m0/s1. The molecule has 0 saturated heterocycles. The predicted octanol–water partition coefficient (Wildman–Crippen LogP) is 2.73. The first kappa shape index (κ1) is 10.8. The lowest BCUT2D eigenvalue weighted by Gasteiger charge is -2.22. The second kappa shape index (κ2) is 4.27. The van der Waals surface area contributed by atoms with Gasteiger partial charge in [-0.15, -0.1) is 0 Å². The van der Waals surface area contributed by atoms with Crippen molar-refractivity contribution in [1.82, 2.24) is 0 Å². The second-order valence-electron chi connectivity index (χ2n) is 3.88. The largest absolute Gasteiger partial charge is 0.481 e. The Morgan fingerprint density at radius 1 is 1.36 bits per heavy atom. The predicted molar refractivity (Wildman–Crippen MR) is 56.2 cm³/mol. The summed E-state index contributed by atoms with van der Waals surface area (Å²) in [5, 5.41) is 9.09. The van der Waals surface area contributed by atoms with Crippen molar-refractivity contribution in [2.24, 2.45) is 5.41 Å². The molecule has 0 aliphatic carbocycles. The normalized spacial score (nSPS) is 14.7. The molecular weight excluding hydrogens is 176 g/mol. The van der Waals surface area contributed by atoms with E-state index in [1.54, 1.807) is 6.92 Å². The van der Waals surface area contributed by atoms with Gasteiger partial charge in [-0.3, -0.25) is 4.79 Å². The molecule has 0 fully saturated rings. The van der Waals surface area contributed by atoms with Crippen molar-refractivity contribution >= 4 is 5.97 Å². The van der Waals surface area contributed by atoms with Gasteiger partial charge in [-0.2, -0.15) is 0 Å². The molecule has 1 rings (SSSR count). The lowest BCUT2D eigenvalue weighted by molar-refractivity contribution is -0.148. The van der Waals surface area contributed by atoms with Gasteiger partial charge in [0, 0.05) is 0 Å². The number of rotatable bonds is 4. The molecule has 1 aromatic carbocycles. The number of aliphatic carboxylic acids is 1. The maximum atomic E-state index is 11.1. The zero-order valence-corrected chi connectivity index (χ0v) is 8.66. The van der Waals surface area contributed by atoms with Gasteiger partial charge < -0.3 is 5.11 Å². The molecule has 0 radical (unpaired) electrons. The van der Waals surface area contributed by atoms with Crippen LogP contribution in [0.3, 0.4) is 0 Å². The number of hydrogen-bond donors (Lipinski definition) is 1. The topological polar surface area (TPSA) is 37.3 Å². The highest BCUT2D eigenvalue weighted by Crippen LogP contribution is 2.26. The first-order valence-electron chi connectivity index (χ1n) is 4.86. The minimum atomic E-state index is -0.719. The highest BCUT2D eigenvalue weighted by molar-refractivity contribution is 5.74. The molecule has 0 heterocycles. The van der Waals surface area contributed by atoms with E-state index in [1.165, 1.54) is 0 Å². The highest BCUT2D eigenvalue weighted by atomic mass is 16.4. The van der Waals surface area contributed by atoms with Crippen molar-refractivity contribution in [3.63, 3.8) is 0 Å². The summed E-state index contributed by atoms with van der Waals surface area (Å²) in [6.45, 7) is 3.71. The van der Waals surface area contributed by atoms with Crippen LogP contribution < -0.4 is 0 Å². The van der Waals surface area contributed by atoms with Gasteiger partial charge in [0.15, 0.2) is 0 Å². The lowest BCUT2D eigenvalue weighted by atomic mass is 9.81. The monoisotopic (exact) mass is 192 g/mol. The number of carboxylic acid groups (broad SMARTS) is 1. The second-order valence-corrected chi connectivity index (χ2v) is 3.88. The van der Waals surface area contributed by atoms with Crippen molar-refractivity contribution in [3.05, 3.63) is 35.9 Å². The molecular formula is C12H16O2. The fourth-order valence-electron chi connectivity index (χ4n) is 1.40. The first-order chi connectivity index (χ1) is 6.58. The Kier molecular flexibility index (Phi) is 3.28. The van der Waals surface area contributed by atoms with Gasteiger partial charge in [0.1, 0.15) is 0 Å². The van der Waals surface area contributed by atoms with Crippen molar-refractivity contribution < 1.29 is 9.90 Å². The van der Waals surface area contributed by atoms with Crippen LogP contribution in [0.4, 0.5) is 0 Å². The third-order valence-corrected chi connectivity index (χ3v) is 2.73. The van der Waals surface area contributed by atoms with Crippen LogP contribution in [0.2, 0.25) is 0 Å². The van der Waals surface area contributed by atoms with Crippen LogP contribution in [0.5, 0.6) is 0 Å². The summed E-state index contributed by atoms with van der Waals surface area (Å²) in [4.78, 5) is 11.1. The molecule has 0 saturated carbocycles. The van der Waals surface area contributed by atoms with Crippen LogP contribution in [0.25, 0.3) is 0 Å². The molecule has 0 aromatic heterocycles. The molecule has 0 bridgehead atoms. The summed E-state index contributed by atoms with van der Waals surface area (Å²) in [5.74, 6) is -0.719. The van der Waals surface area contributed by atoms with E-state index in [4.69, 9.17) is 5.11 Å². The van der Waals surface area contributed by atoms with Crippen molar-refractivity contribution in [1.29, 1.82) is 0 Å². The van der Waals surface area contributed by atoms with Gasteiger partial charge in [-0.25, -0.2) is 0 Å². The minimum absolute atomic E-state index is 0.597. The van der Waals surface area contributed by atoms with Crippen LogP contribution in [0.1, 0.15) is 25.8 Å². The van der Waals surface area contributed by atoms with Gasteiger partial charge in [-0.1, -0.05) is 37.3 Å². The fraction of sp³-hybridized carbons (Fsp3) is 0.417. The third-order valence-electron chi connectivity index (χ3n) is 2.73. The van der Waals surface area contributed by atoms with Gasteiger partial charge in [0.05, 0.1) is 5.41 Å². The Bertz CT molecular complexity index is 305. The quantitative estimate of drug-likeness (QED) is 0.796. The maximum Gasteiger partial charge on any atom is 0.309 e. The molecule has 2 nitrogen and oxygen atoms in total. The Hall–Kier alpha value is -1.31. The average molecular weight is 192 g/mol. The Morgan fingerprint density at radius 2 is 1.93 bits per heavy atom. The summed E-state index contributed by atoms with van der Waals surface area (Å²) in [7, 11) is 0. The molecule has 76 valence electrons. The number of carbonyl (C=O) groups is 1. The smallest absolute Gasteiger partial charge is 0.309 e. The molecule has 1 N–H and O–H groups in total. The van der Waals surface area contributed by atoms with Gasteiger partial charge >= 0.3 is 5.97 Å². The molecule has 1 atom stereocenters. The molecule has 14 heavy (non-hydrogen) atoms. The molecule has 1 aromatic rings. The van der Waals surface area contributed by atoms with E-state index in [2.05, 4.69) is 0 Å². The van der Waals surface area contributed by atoms with E-state index in [0.29, 0.717) is 12.8 Å². The van der Waals surface area contributed by atoms with Crippen molar-refractivity contribution in [3.8, 4) is 0 Å². The number of hydrogen-bond acceptors (Lipinski definition) is 1. The SMILES string of the molecule is CC[C@@](C)(Cc1ccccc1)C(=O)O. The van der Waals surface area contributed by atoms with Crippen LogP contribution in [-0.4, -0.2) is 11.1 Å². The summed E-state index contributed by atoms with van der Waals surface area (Å²) < 4.78 is 0. The number of benzene rings is 1. The van der Waals surface area contributed by atoms with E-state index in [9.17, 15) is 4.79 Å². The van der Waals surface area contributed by atoms with Gasteiger partial charge in [0.25, 0.3) is 0 Å². The van der Waals surface area contributed by atoms with Gasteiger partial charge in [-0.05, 0) is 25.3 Å². The molecule has 0 aliphatic rings. The summed E-state index contributed by atoms with van der Waals surface area (Å²) >= 11 is 0. The van der Waals surface area contributed by atoms with Crippen LogP contribution in [0, 0.1) is 5.41 Å². The van der Waals surface area contributed by atoms with Crippen molar-refractivity contribution in [2.75, 3.05) is 0 Å². The maximum absolute atomic E-state index is 11.1. The summed E-state index contributed by atoms with van der Waals surface area (Å²) in [6.07, 6.45) is 1.25. The Balaban J connectivity index is 2.81. The fourth-order valence-corrected chi connectivity index (χ4v) is 1.40.